The second kappa shape index (κ2) is 8.97. The number of esters is 1. The summed E-state index contributed by atoms with van der Waals surface area (Å²) in [6, 6.07) is 11.1. The average Bonchev–Trinajstić information content (AvgIpc) is 2.70. The summed E-state index contributed by atoms with van der Waals surface area (Å²) in [5.74, 6) is 2.59. The quantitative estimate of drug-likeness (QED) is 0.603. The summed E-state index contributed by atoms with van der Waals surface area (Å²) in [5.41, 5.74) is 2.55. The highest BCUT2D eigenvalue weighted by atomic mass is 16.5. The van der Waals surface area contributed by atoms with Crippen LogP contribution in [-0.2, 0) is 16.1 Å². The van der Waals surface area contributed by atoms with Crippen molar-refractivity contribution in [1.82, 2.24) is 4.90 Å². The van der Waals surface area contributed by atoms with Crippen LogP contribution in [0.1, 0.15) is 50.7 Å². The molecular formula is C26H35NO3. The van der Waals surface area contributed by atoms with Crippen LogP contribution in [0.4, 0.5) is 0 Å². The maximum atomic E-state index is 11.6. The van der Waals surface area contributed by atoms with Gasteiger partial charge in [0.25, 0.3) is 0 Å². The van der Waals surface area contributed by atoms with E-state index in [2.05, 4.69) is 56.0 Å². The Bertz CT molecular complexity index is 893. The summed E-state index contributed by atoms with van der Waals surface area (Å²) in [6.45, 7) is 9.30. The van der Waals surface area contributed by atoms with E-state index < -0.39 is 0 Å². The normalized spacial score (nSPS) is 22.8. The summed E-state index contributed by atoms with van der Waals surface area (Å²) in [5, 5.41) is 2.52. The Morgan fingerprint density at radius 3 is 2.50 bits per heavy atom. The van der Waals surface area contributed by atoms with E-state index in [0.717, 1.165) is 37.2 Å². The third-order valence-electron chi connectivity index (χ3n) is 7.06. The number of fused-ring (bicyclic) bond motifs is 1. The van der Waals surface area contributed by atoms with E-state index >= 15 is 0 Å². The number of ether oxygens (including phenoxy) is 2. The fourth-order valence-electron chi connectivity index (χ4n) is 5.06. The van der Waals surface area contributed by atoms with Crippen molar-refractivity contribution in [2.75, 3.05) is 20.2 Å². The van der Waals surface area contributed by atoms with Crippen molar-refractivity contribution < 1.29 is 14.3 Å². The smallest absolute Gasteiger partial charge is 0.311 e. The number of hydrogen-bond donors (Lipinski definition) is 0. The monoisotopic (exact) mass is 409 g/mol. The first-order valence-corrected chi connectivity index (χ1v) is 11.4. The predicted octanol–water partition coefficient (Wildman–Crippen LogP) is 5.35. The van der Waals surface area contributed by atoms with E-state index in [1.807, 2.05) is 0 Å². The molecule has 0 radical (unpaired) electrons. The van der Waals surface area contributed by atoms with Gasteiger partial charge in [0.2, 0.25) is 0 Å². The lowest BCUT2D eigenvalue weighted by Crippen LogP contribution is -2.49. The summed E-state index contributed by atoms with van der Waals surface area (Å²) < 4.78 is 11.2. The average molecular weight is 410 g/mol. The molecule has 0 amide bonds. The molecule has 0 bridgehead atoms. The van der Waals surface area contributed by atoms with Crippen LogP contribution in [0.25, 0.3) is 10.8 Å². The topological polar surface area (TPSA) is 38.8 Å². The number of carbonyl (C=O) groups excluding carboxylic acids is 1. The highest BCUT2D eigenvalue weighted by Gasteiger charge is 2.33. The maximum Gasteiger partial charge on any atom is 0.311 e. The second-order valence-corrected chi connectivity index (χ2v) is 9.61. The molecule has 0 aromatic heterocycles. The van der Waals surface area contributed by atoms with Crippen LogP contribution < -0.4 is 4.74 Å². The van der Waals surface area contributed by atoms with Crippen LogP contribution in [0.15, 0.2) is 30.3 Å². The van der Waals surface area contributed by atoms with Crippen LogP contribution in [0, 0.1) is 24.7 Å². The van der Waals surface area contributed by atoms with E-state index in [9.17, 15) is 4.79 Å². The van der Waals surface area contributed by atoms with Gasteiger partial charge < -0.3 is 9.47 Å². The Hall–Kier alpha value is -2.07. The third kappa shape index (κ3) is 4.64. The number of hydrogen-bond acceptors (Lipinski definition) is 4. The molecule has 2 aromatic rings. The molecule has 4 nitrogen and oxygen atoms in total. The molecule has 0 spiro atoms. The first-order valence-electron chi connectivity index (χ1n) is 11.4. The maximum absolute atomic E-state index is 11.6. The van der Waals surface area contributed by atoms with Gasteiger partial charge in [-0.15, -0.1) is 0 Å². The van der Waals surface area contributed by atoms with Gasteiger partial charge in [0.05, 0.1) is 19.1 Å². The zero-order valence-electron chi connectivity index (χ0n) is 18.8. The SMILES string of the molecule is COC(=O)C1CN(Cc2ccc3cc(O[C@H]4CC[C@H](C(C)C)CC4)cc(C)c3c2)C1. The standard InChI is InChI=1S/C26H35NO3/c1-17(2)20-7-9-23(10-8-20)30-24-11-18(3)25-12-19(5-6-21(25)13-24)14-27-15-22(16-27)26(28)29-4/h5-6,11-13,17,20,22-23H,7-10,14-16H2,1-4H3/t20-,23-. The summed E-state index contributed by atoms with van der Waals surface area (Å²) >= 11 is 0. The fraction of sp³-hybridized carbons (Fsp3) is 0.577. The van der Waals surface area contributed by atoms with Crippen molar-refractivity contribution in [2.24, 2.45) is 17.8 Å². The Morgan fingerprint density at radius 1 is 1.10 bits per heavy atom. The first kappa shape index (κ1) is 21.2. The van der Waals surface area contributed by atoms with E-state index in [1.54, 1.807) is 0 Å². The van der Waals surface area contributed by atoms with Crippen molar-refractivity contribution in [2.45, 2.75) is 59.1 Å². The van der Waals surface area contributed by atoms with E-state index in [4.69, 9.17) is 9.47 Å². The number of aryl methyl sites for hydroxylation is 1. The van der Waals surface area contributed by atoms with Gasteiger partial charge in [0.15, 0.2) is 0 Å². The van der Waals surface area contributed by atoms with Gasteiger partial charge in [-0.25, -0.2) is 0 Å². The number of likely N-dealkylation sites (tertiary alicyclic amines) is 1. The van der Waals surface area contributed by atoms with Crippen LogP contribution in [0.2, 0.25) is 0 Å². The van der Waals surface area contributed by atoms with Crippen molar-refractivity contribution in [3.05, 3.63) is 41.5 Å². The summed E-state index contributed by atoms with van der Waals surface area (Å²) in [4.78, 5) is 13.9. The van der Waals surface area contributed by atoms with Crippen LogP contribution >= 0.6 is 0 Å². The minimum atomic E-state index is -0.0918. The lowest BCUT2D eigenvalue weighted by Gasteiger charge is -2.37. The molecule has 4 rings (SSSR count). The Balaban J connectivity index is 1.39. The number of carbonyl (C=O) groups is 1. The van der Waals surface area contributed by atoms with E-state index in [0.29, 0.717) is 6.10 Å². The molecule has 2 aliphatic rings. The molecule has 1 heterocycles. The molecule has 1 saturated heterocycles. The predicted molar refractivity (Wildman–Crippen MR) is 121 cm³/mol. The molecule has 1 aliphatic heterocycles. The Labute approximate surface area is 180 Å². The molecule has 0 unspecified atom stereocenters. The van der Waals surface area contributed by atoms with Crippen molar-refractivity contribution in [3.63, 3.8) is 0 Å². The van der Waals surface area contributed by atoms with Gasteiger partial charge in [-0.1, -0.05) is 26.0 Å². The van der Waals surface area contributed by atoms with Gasteiger partial charge >= 0.3 is 5.97 Å². The molecule has 2 fully saturated rings. The minimum Gasteiger partial charge on any atom is -0.490 e. The minimum absolute atomic E-state index is 0.0347. The number of benzene rings is 2. The Morgan fingerprint density at radius 2 is 1.83 bits per heavy atom. The van der Waals surface area contributed by atoms with Gasteiger partial charge in [-0.2, -0.15) is 0 Å². The van der Waals surface area contributed by atoms with Crippen LogP contribution in [0.5, 0.6) is 5.75 Å². The van der Waals surface area contributed by atoms with E-state index in [-0.39, 0.29) is 11.9 Å². The number of rotatable bonds is 6. The van der Waals surface area contributed by atoms with Gasteiger partial charge in [-0.3, -0.25) is 9.69 Å². The zero-order chi connectivity index (χ0) is 21.3. The van der Waals surface area contributed by atoms with Crippen LogP contribution in [-0.4, -0.2) is 37.2 Å². The molecular weight excluding hydrogens is 374 g/mol. The zero-order valence-corrected chi connectivity index (χ0v) is 18.8. The van der Waals surface area contributed by atoms with Crippen molar-refractivity contribution in [1.29, 1.82) is 0 Å². The molecule has 30 heavy (non-hydrogen) atoms. The molecule has 162 valence electrons. The summed E-state index contributed by atoms with van der Waals surface area (Å²) in [7, 11) is 1.46. The van der Waals surface area contributed by atoms with Crippen molar-refractivity contribution >= 4 is 16.7 Å². The van der Waals surface area contributed by atoms with Gasteiger partial charge in [0, 0.05) is 19.6 Å². The Kier molecular flexibility index (Phi) is 6.33. The largest absolute Gasteiger partial charge is 0.490 e. The number of nitrogens with zero attached hydrogens (tertiary/aromatic N) is 1. The first-order chi connectivity index (χ1) is 14.4. The number of methoxy groups -OCH3 is 1. The molecule has 1 saturated carbocycles. The van der Waals surface area contributed by atoms with Crippen molar-refractivity contribution in [3.8, 4) is 5.75 Å². The van der Waals surface area contributed by atoms with Crippen LogP contribution in [0.3, 0.4) is 0 Å². The highest BCUT2D eigenvalue weighted by Crippen LogP contribution is 2.34. The molecule has 4 heteroatoms. The lowest BCUT2D eigenvalue weighted by molar-refractivity contribution is -0.151. The molecule has 1 aliphatic carbocycles. The third-order valence-corrected chi connectivity index (χ3v) is 7.06. The second-order valence-electron chi connectivity index (χ2n) is 9.61. The molecule has 0 N–H and O–H groups in total. The fourth-order valence-corrected chi connectivity index (χ4v) is 5.06. The lowest BCUT2D eigenvalue weighted by atomic mass is 9.80. The molecule has 2 aromatic carbocycles. The summed E-state index contributed by atoms with van der Waals surface area (Å²) in [6.07, 6.45) is 5.25. The molecule has 0 atom stereocenters. The van der Waals surface area contributed by atoms with Gasteiger partial charge in [0.1, 0.15) is 5.75 Å². The van der Waals surface area contributed by atoms with E-state index in [1.165, 1.54) is 54.7 Å². The highest BCUT2D eigenvalue weighted by molar-refractivity contribution is 5.87. The van der Waals surface area contributed by atoms with Gasteiger partial charge in [-0.05, 0) is 84.5 Å².